The third-order valence-electron chi connectivity index (χ3n) is 3.01. The molecule has 1 aliphatic rings. The summed E-state index contributed by atoms with van der Waals surface area (Å²) in [5.41, 5.74) is 11.9. The van der Waals surface area contributed by atoms with E-state index in [1.54, 1.807) is 0 Å². The first kappa shape index (κ1) is 12.2. The van der Waals surface area contributed by atoms with Crippen molar-refractivity contribution in [3.63, 3.8) is 0 Å². The molecular weight excluding hydrogens is 280 g/mol. The number of rotatable bonds is 3. The molecule has 0 bridgehead atoms. The van der Waals surface area contributed by atoms with E-state index in [4.69, 9.17) is 11.5 Å². The van der Waals surface area contributed by atoms with Gasteiger partial charge in [0.15, 0.2) is 5.96 Å². The highest BCUT2D eigenvalue weighted by atomic mass is 79.9. The Bertz CT molecular complexity index is 397. The molecule has 0 saturated carbocycles. The summed E-state index contributed by atoms with van der Waals surface area (Å²) in [6.45, 7) is 2.83. The van der Waals surface area contributed by atoms with Gasteiger partial charge in [0.1, 0.15) is 0 Å². The van der Waals surface area contributed by atoms with Crippen LogP contribution in [0.4, 0.5) is 5.69 Å². The van der Waals surface area contributed by atoms with Gasteiger partial charge in [0.25, 0.3) is 0 Å². The van der Waals surface area contributed by atoms with Crippen LogP contribution in [0.2, 0.25) is 0 Å². The zero-order chi connectivity index (χ0) is 12.3. The van der Waals surface area contributed by atoms with E-state index in [1.807, 2.05) is 0 Å². The van der Waals surface area contributed by atoms with Crippen molar-refractivity contribution in [3.8, 4) is 0 Å². The lowest BCUT2D eigenvalue weighted by molar-refractivity contribution is 0.603. The molecule has 1 heterocycles. The molecule has 1 aliphatic heterocycles. The summed E-state index contributed by atoms with van der Waals surface area (Å²) in [4.78, 5) is 6.46. The van der Waals surface area contributed by atoms with Crippen LogP contribution in [0.15, 0.2) is 33.7 Å². The van der Waals surface area contributed by atoms with Crippen LogP contribution in [0.1, 0.15) is 6.42 Å². The minimum absolute atomic E-state index is 0.187. The van der Waals surface area contributed by atoms with E-state index < -0.39 is 0 Å². The van der Waals surface area contributed by atoms with Crippen molar-refractivity contribution in [2.45, 2.75) is 6.42 Å². The van der Waals surface area contributed by atoms with Crippen molar-refractivity contribution in [3.05, 3.63) is 28.7 Å². The Morgan fingerprint density at radius 2 is 2.06 bits per heavy atom. The maximum Gasteiger partial charge on any atom is 0.185 e. The second-order valence-corrected chi connectivity index (χ2v) is 5.26. The number of hydrogen-bond donors (Lipinski definition) is 2. The number of guanidine groups is 1. The third kappa shape index (κ3) is 3.36. The maximum atomic E-state index is 5.34. The molecule has 5 heteroatoms. The molecule has 92 valence electrons. The topological polar surface area (TPSA) is 67.6 Å². The van der Waals surface area contributed by atoms with Crippen LogP contribution in [0.25, 0.3) is 0 Å². The van der Waals surface area contributed by atoms with Crippen LogP contribution in [-0.4, -0.2) is 25.6 Å². The first-order valence-electron chi connectivity index (χ1n) is 5.71. The predicted octanol–water partition coefficient (Wildman–Crippen LogP) is 1.55. The number of aliphatic imine (C=N–C) groups is 1. The van der Waals surface area contributed by atoms with Gasteiger partial charge in [-0.2, -0.15) is 0 Å². The summed E-state index contributed by atoms with van der Waals surface area (Å²) in [5, 5.41) is 0. The highest BCUT2D eigenvalue weighted by Gasteiger charge is 2.22. The monoisotopic (exact) mass is 296 g/mol. The number of benzene rings is 1. The molecule has 0 aromatic heterocycles. The van der Waals surface area contributed by atoms with E-state index in [9.17, 15) is 0 Å². The summed E-state index contributed by atoms with van der Waals surface area (Å²) in [6.07, 6.45) is 1.15. The second kappa shape index (κ2) is 5.40. The highest BCUT2D eigenvalue weighted by molar-refractivity contribution is 9.10. The molecule has 1 aromatic carbocycles. The van der Waals surface area contributed by atoms with Gasteiger partial charge in [0, 0.05) is 29.8 Å². The molecule has 1 aromatic rings. The fraction of sp³-hybridized carbons (Fsp3) is 0.417. The summed E-state index contributed by atoms with van der Waals surface area (Å²) < 4.78 is 1.11. The van der Waals surface area contributed by atoms with E-state index in [0.29, 0.717) is 5.92 Å². The number of anilines is 1. The average Bonchev–Trinajstić information content (AvgIpc) is 2.76. The molecule has 0 aliphatic carbocycles. The van der Waals surface area contributed by atoms with Crippen molar-refractivity contribution in [2.75, 3.05) is 24.5 Å². The molecule has 0 amide bonds. The largest absolute Gasteiger partial charge is 0.371 e. The molecule has 4 N–H and O–H groups in total. The zero-order valence-electron chi connectivity index (χ0n) is 9.64. The van der Waals surface area contributed by atoms with Gasteiger partial charge < -0.3 is 16.4 Å². The Morgan fingerprint density at radius 3 is 2.71 bits per heavy atom. The lowest BCUT2D eigenvalue weighted by Gasteiger charge is -2.18. The Morgan fingerprint density at radius 1 is 1.35 bits per heavy atom. The number of nitrogens with two attached hydrogens (primary N) is 2. The second-order valence-electron chi connectivity index (χ2n) is 4.34. The lowest BCUT2D eigenvalue weighted by Crippen LogP contribution is -2.25. The molecule has 2 rings (SSSR count). The van der Waals surface area contributed by atoms with Crippen molar-refractivity contribution < 1.29 is 0 Å². The van der Waals surface area contributed by atoms with E-state index in [2.05, 4.69) is 50.1 Å². The van der Waals surface area contributed by atoms with E-state index >= 15 is 0 Å². The molecule has 0 radical (unpaired) electrons. The van der Waals surface area contributed by atoms with Crippen LogP contribution < -0.4 is 16.4 Å². The molecule has 4 nitrogen and oxygen atoms in total. The molecule has 1 unspecified atom stereocenters. The van der Waals surface area contributed by atoms with Gasteiger partial charge in [0.2, 0.25) is 0 Å². The summed E-state index contributed by atoms with van der Waals surface area (Å²) >= 11 is 3.44. The number of hydrogen-bond acceptors (Lipinski definition) is 2. The maximum absolute atomic E-state index is 5.34. The lowest BCUT2D eigenvalue weighted by atomic mass is 10.1. The molecule has 1 atom stereocenters. The quantitative estimate of drug-likeness (QED) is 0.657. The average molecular weight is 297 g/mol. The van der Waals surface area contributed by atoms with Gasteiger partial charge in [-0.1, -0.05) is 15.9 Å². The molecule has 17 heavy (non-hydrogen) atoms. The molecular formula is C12H17BrN4. The minimum Gasteiger partial charge on any atom is -0.371 e. The smallest absolute Gasteiger partial charge is 0.185 e. The molecule has 1 fully saturated rings. The van der Waals surface area contributed by atoms with Crippen LogP contribution in [0.5, 0.6) is 0 Å². The Hall–Kier alpha value is -1.23. The minimum atomic E-state index is 0.187. The molecule has 0 spiro atoms. The van der Waals surface area contributed by atoms with Crippen molar-refractivity contribution in [2.24, 2.45) is 22.4 Å². The van der Waals surface area contributed by atoms with E-state index in [0.717, 1.165) is 30.5 Å². The van der Waals surface area contributed by atoms with Gasteiger partial charge in [-0.25, -0.2) is 0 Å². The normalized spacial score (nSPS) is 19.4. The molecule has 1 saturated heterocycles. The third-order valence-corrected chi connectivity index (χ3v) is 3.54. The van der Waals surface area contributed by atoms with Gasteiger partial charge in [0.05, 0.1) is 0 Å². The van der Waals surface area contributed by atoms with Crippen molar-refractivity contribution in [1.29, 1.82) is 0 Å². The van der Waals surface area contributed by atoms with Crippen LogP contribution in [-0.2, 0) is 0 Å². The van der Waals surface area contributed by atoms with Crippen LogP contribution in [0.3, 0.4) is 0 Å². The fourth-order valence-electron chi connectivity index (χ4n) is 2.10. The van der Waals surface area contributed by atoms with Crippen molar-refractivity contribution in [1.82, 2.24) is 0 Å². The number of nitrogens with zero attached hydrogens (tertiary/aromatic N) is 2. The Labute approximate surface area is 110 Å². The Balaban J connectivity index is 1.93. The van der Waals surface area contributed by atoms with Crippen molar-refractivity contribution >= 4 is 27.6 Å². The fourth-order valence-corrected chi connectivity index (χ4v) is 2.37. The van der Waals surface area contributed by atoms with Crippen LogP contribution >= 0.6 is 15.9 Å². The summed E-state index contributed by atoms with van der Waals surface area (Å²) in [7, 11) is 0. The van der Waals surface area contributed by atoms with Gasteiger partial charge in [-0.05, 0) is 36.6 Å². The first-order chi connectivity index (χ1) is 8.15. The number of halogens is 1. The van der Waals surface area contributed by atoms with E-state index in [1.165, 1.54) is 5.69 Å². The summed E-state index contributed by atoms with van der Waals surface area (Å²) in [6, 6.07) is 8.40. The Kier molecular flexibility index (Phi) is 3.89. The first-order valence-corrected chi connectivity index (χ1v) is 6.50. The zero-order valence-corrected chi connectivity index (χ0v) is 11.2. The summed E-state index contributed by atoms with van der Waals surface area (Å²) in [5.74, 6) is 0.743. The van der Waals surface area contributed by atoms with Gasteiger partial charge in [-0.15, -0.1) is 0 Å². The SMILES string of the molecule is NC(N)=NCC1CCN(c2ccc(Br)cc2)C1. The highest BCUT2D eigenvalue weighted by Crippen LogP contribution is 2.25. The van der Waals surface area contributed by atoms with Crippen LogP contribution in [0, 0.1) is 5.92 Å². The van der Waals surface area contributed by atoms with Gasteiger partial charge >= 0.3 is 0 Å². The van der Waals surface area contributed by atoms with E-state index in [-0.39, 0.29) is 5.96 Å². The standard InChI is InChI=1S/C12H17BrN4/c13-10-1-3-11(4-2-10)17-6-5-9(8-17)7-16-12(14)15/h1-4,9H,5-8H2,(H4,14,15,16). The predicted molar refractivity (Wildman–Crippen MR) is 75.1 cm³/mol. The van der Waals surface area contributed by atoms with Gasteiger partial charge in [-0.3, -0.25) is 4.99 Å².